The third-order valence-electron chi connectivity index (χ3n) is 2.78. The van der Waals surface area contributed by atoms with Gasteiger partial charge >= 0.3 is 0 Å². The molecule has 0 saturated carbocycles. The molecule has 3 N–H and O–H groups in total. The second-order valence-corrected chi connectivity index (χ2v) is 7.09. The number of nitrogens with one attached hydrogen (secondary N) is 1. The number of carbonyl (C=O) groups excluding carboxylic acids is 1. The number of nitrogens with two attached hydrogens (primary N) is 1. The number of rotatable bonds is 9. The van der Waals surface area contributed by atoms with E-state index in [1.54, 1.807) is 0 Å². The van der Waals surface area contributed by atoms with Crippen LogP contribution in [0.4, 0.5) is 0 Å². The number of amides is 1. The Morgan fingerprint density at radius 3 is 2.57 bits per heavy atom. The molecule has 0 aliphatic heterocycles. The molecule has 21 heavy (non-hydrogen) atoms. The molecule has 1 atom stereocenters. The number of benzene rings is 1. The van der Waals surface area contributed by atoms with E-state index in [-0.39, 0.29) is 24.9 Å². The molecule has 1 amide bonds. The molecule has 0 bridgehead atoms. The van der Waals surface area contributed by atoms with Crippen LogP contribution in [0.2, 0.25) is 0 Å². The molecule has 1 aromatic rings. The molecular formula is C14H22N2O4S. The molecule has 1 aromatic carbocycles. The summed E-state index contributed by atoms with van der Waals surface area (Å²) in [5.74, 6) is -0.264. The van der Waals surface area contributed by atoms with Crippen LogP contribution in [-0.4, -0.2) is 52.1 Å². The van der Waals surface area contributed by atoms with E-state index in [4.69, 9.17) is 10.5 Å². The lowest BCUT2D eigenvalue weighted by Gasteiger charge is -2.12. The van der Waals surface area contributed by atoms with Gasteiger partial charge in [-0.1, -0.05) is 30.3 Å². The largest absolute Gasteiger partial charge is 0.379 e. The van der Waals surface area contributed by atoms with Gasteiger partial charge in [0, 0.05) is 12.8 Å². The average Bonchev–Trinajstić information content (AvgIpc) is 2.42. The summed E-state index contributed by atoms with van der Waals surface area (Å²) < 4.78 is 26.9. The molecule has 0 radical (unpaired) electrons. The first-order valence-electron chi connectivity index (χ1n) is 6.71. The lowest BCUT2D eigenvalue weighted by Crippen LogP contribution is -2.43. The first-order valence-corrected chi connectivity index (χ1v) is 8.77. The summed E-state index contributed by atoms with van der Waals surface area (Å²) in [5, 5.41) is 2.66. The monoisotopic (exact) mass is 314 g/mol. The topological polar surface area (TPSA) is 98.5 Å². The van der Waals surface area contributed by atoms with Gasteiger partial charge < -0.3 is 15.8 Å². The van der Waals surface area contributed by atoms with Crippen LogP contribution < -0.4 is 11.1 Å². The quantitative estimate of drug-likeness (QED) is 0.612. The summed E-state index contributed by atoms with van der Waals surface area (Å²) in [6.07, 6.45) is 1.63. The predicted octanol–water partition coefficient (Wildman–Crippen LogP) is -0.266. The Kier molecular flexibility index (Phi) is 7.35. The van der Waals surface area contributed by atoms with Crippen molar-refractivity contribution in [2.45, 2.75) is 12.5 Å². The molecule has 0 saturated heterocycles. The van der Waals surface area contributed by atoms with Crippen molar-refractivity contribution in [3.05, 3.63) is 35.9 Å². The number of sulfone groups is 1. The maximum absolute atomic E-state index is 11.8. The van der Waals surface area contributed by atoms with Crippen molar-refractivity contribution in [2.75, 3.05) is 31.8 Å². The SMILES string of the molecule is CS(=O)(=O)CCOCCNC(=O)[C@@H](N)Cc1ccccc1. The van der Waals surface area contributed by atoms with Crippen molar-refractivity contribution < 1.29 is 17.9 Å². The molecule has 1 rings (SSSR count). The summed E-state index contributed by atoms with van der Waals surface area (Å²) in [4.78, 5) is 11.8. The summed E-state index contributed by atoms with van der Waals surface area (Å²) in [6.45, 7) is 0.704. The van der Waals surface area contributed by atoms with Crippen molar-refractivity contribution in [1.29, 1.82) is 0 Å². The Bertz CT molecular complexity index is 531. The van der Waals surface area contributed by atoms with Crippen LogP contribution in [0, 0.1) is 0 Å². The van der Waals surface area contributed by atoms with Gasteiger partial charge in [-0.05, 0) is 12.0 Å². The van der Waals surface area contributed by atoms with Crippen molar-refractivity contribution in [2.24, 2.45) is 5.73 Å². The van der Waals surface area contributed by atoms with E-state index < -0.39 is 15.9 Å². The molecule has 0 heterocycles. The van der Waals surface area contributed by atoms with Crippen LogP contribution >= 0.6 is 0 Å². The average molecular weight is 314 g/mol. The fraction of sp³-hybridized carbons (Fsp3) is 0.500. The normalized spacial score (nSPS) is 12.9. The fourth-order valence-electron chi connectivity index (χ4n) is 1.65. The molecule has 7 heteroatoms. The highest BCUT2D eigenvalue weighted by Gasteiger charge is 2.13. The van der Waals surface area contributed by atoms with Gasteiger partial charge in [0.15, 0.2) is 0 Å². The second kappa shape index (κ2) is 8.76. The molecule has 0 aliphatic rings. The zero-order valence-electron chi connectivity index (χ0n) is 12.1. The second-order valence-electron chi connectivity index (χ2n) is 4.83. The highest BCUT2D eigenvalue weighted by molar-refractivity contribution is 7.90. The zero-order chi connectivity index (χ0) is 15.7. The summed E-state index contributed by atoms with van der Waals surface area (Å²) >= 11 is 0. The van der Waals surface area contributed by atoms with Gasteiger partial charge in [-0.2, -0.15) is 0 Å². The smallest absolute Gasteiger partial charge is 0.237 e. The Morgan fingerprint density at radius 2 is 1.95 bits per heavy atom. The lowest BCUT2D eigenvalue weighted by atomic mass is 10.1. The van der Waals surface area contributed by atoms with Gasteiger partial charge in [0.2, 0.25) is 5.91 Å². The number of hydrogen-bond acceptors (Lipinski definition) is 5. The Morgan fingerprint density at radius 1 is 1.29 bits per heavy atom. The maximum atomic E-state index is 11.8. The third kappa shape index (κ3) is 8.44. The first kappa shape index (κ1) is 17.6. The van der Waals surface area contributed by atoms with Crippen molar-refractivity contribution in [3.8, 4) is 0 Å². The lowest BCUT2D eigenvalue weighted by molar-refractivity contribution is -0.122. The highest BCUT2D eigenvalue weighted by Crippen LogP contribution is 2.01. The standard InChI is InChI=1S/C14H22N2O4S/c1-21(18,19)10-9-20-8-7-16-14(17)13(15)11-12-5-3-2-4-6-12/h2-6,13H,7-11,15H2,1H3,(H,16,17)/t13-/m0/s1. The van der Waals surface area contributed by atoms with Crippen LogP contribution in [0.5, 0.6) is 0 Å². The van der Waals surface area contributed by atoms with Gasteiger partial charge in [-0.3, -0.25) is 4.79 Å². The third-order valence-corrected chi connectivity index (χ3v) is 3.69. The first-order chi connectivity index (χ1) is 9.88. The minimum atomic E-state index is -3.01. The van der Waals surface area contributed by atoms with E-state index >= 15 is 0 Å². The van der Waals surface area contributed by atoms with E-state index in [0.717, 1.165) is 11.8 Å². The molecule has 0 spiro atoms. The van der Waals surface area contributed by atoms with E-state index in [1.807, 2.05) is 30.3 Å². The van der Waals surface area contributed by atoms with Crippen LogP contribution in [-0.2, 0) is 25.8 Å². The zero-order valence-corrected chi connectivity index (χ0v) is 12.9. The van der Waals surface area contributed by atoms with E-state index in [2.05, 4.69) is 5.32 Å². The van der Waals surface area contributed by atoms with E-state index in [0.29, 0.717) is 13.0 Å². The summed E-state index contributed by atoms with van der Waals surface area (Å²) in [5.41, 5.74) is 6.82. The summed E-state index contributed by atoms with van der Waals surface area (Å²) in [7, 11) is -3.01. The van der Waals surface area contributed by atoms with Gasteiger partial charge in [0.25, 0.3) is 0 Å². The Labute approximate surface area is 125 Å². The minimum Gasteiger partial charge on any atom is -0.379 e. The van der Waals surface area contributed by atoms with Gasteiger partial charge in [0.05, 0.1) is 25.0 Å². The van der Waals surface area contributed by atoms with Crippen LogP contribution in [0.25, 0.3) is 0 Å². The molecule has 118 valence electrons. The maximum Gasteiger partial charge on any atom is 0.237 e. The molecular weight excluding hydrogens is 292 g/mol. The molecule has 0 aliphatic carbocycles. The van der Waals surface area contributed by atoms with Gasteiger partial charge in [-0.25, -0.2) is 8.42 Å². The van der Waals surface area contributed by atoms with E-state index in [1.165, 1.54) is 0 Å². The molecule has 6 nitrogen and oxygen atoms in total. The predicted molar refractivity (Wildman–Crippen MR) is 81.7 cm³/mol. The highest BCUT2D eigenvalue weighted by atomic mass is 32.2. The molecule has 0 fully saturated rings. The van der Waals surface area contributed by atoms with Crippen LogP contribution in [0.15, 0.2) is 30.3 Å². The van der Waals surface area contributed by atoms with Crippen molar-refractivity contribution >= 4 is 15.7 Å². The Hall–Kier alpha value is -1.44. The molecule has 0 unspecified atom stereocenters. The minimum absolute atomic E-state index is 0.0194. The van der Waals surface area contributed by atoms with Crippen LogP contribution in [0.1, 0.15) is 5.56 Å². The number of hydrogen-bond donors (Lipinski definition) is 2. The van der Waals surface area contributed by atoms with Crippen LogP contribution in [0.3, 0.4) is 0 Å². The Balaban J connectivity index is 2.16. The van der Waals surface area contributed by atoms with E-state index in [9.17, 15) is 13.2 Å². The van der Waals surface area contributed by atoms with Gasteiger partial charge in [0.1, 0.15) is 9.84 Å². The van der Waals surface area contributed by atoms with Crippen molar-refractivity contribution in [3.63, 3.8) is 0 Å². The number of ether oxygens (including phenoxy) is 1. The molecule has 0 aromatic heterocycles. The van der Waals surface area contributed by atoms with Gasteiger partial charge in [-0.15, -0.1) is 0 Å². The fourth-order valence-corrected chi connectivity index (χ4v) is 2.07. The van der Waals surface area contributed by atoms with Crippen molar-refractivity contribution in [1.82, 2.24) is 5.32 Å². The number of carbonyl (C=O) groups is 1. The summed E-state index contributed by atoms with van der Waals surface area (Å²) in [6, 6.07) is 8.93.